The molecule has 0 aliphatic carbocycles. The summed E-state index contributed by atoms with van der Waals surface area (Å²) in [7, 11) is 0. The maximum Gasteiger partial charge on any atom is 0.221 e. The fourth-order valence-corrected chi connectivity index (χ4v) is 3.86. The topological polar surface area (TPSA) is 53.5 Å². The molecule has 1 aliphatic heterocycles. The number of anilines is 2. The van der Waals surface area contributed by atoms with Crippen molar-refractivity contribution in [3.8, 4) is 0 Å². The van der Waals surface area contributed by atoms with Crippen LogP contribution in [0.5, 0.6) is 0 Å². The summed E-state index contributed by atoms with van der Waals surface area (Å²) < 4.78 is 0. The van der Waals surface area contributed by atoms with Crippen LogP contribution in [0, 0.1) is 5.92 Å². The predicted molar refractivity (Wildman–Crippen MR) is 92.1 cm³/mol. The van der Waals surface area contributed by atoms with E-state index in [-0.39, 0.29) is 5.91 Å². The summed E-state index contributed by atoms with van der Waals surface area (Å²) in [5.74, 6) is 0.664. The Bertz CT molecular complexity index is 526. The van der Waals surface area contributed by atoms with Crippen molar-refractivity contribution in [3.63, 3.8) is 0 Å². The van der Waals surface area contributed by atoms with Crippen LogP contribution in [0.15, 0.2) is 29.3 Å². The molecule has 0 bridgehead atoms. The van der Waals surface area contributed by atoms with Gasteiger partial charge >= 0.3 is 0 Å². The van der Waals surface area contributed by atoms with Crippen molar-refractivity contribution in [1.82, 2.24) is 0 Å². The predicted octanol–water partition coefficient (Wildman–Crippen LogP) is 3.96. The fourth-order valence-electron chi connectivity index (χ4n) is 2.52. The van der Waals surface area contributed by atoms with Crippen molar-refractivity contribution in [1.29, 1.82) is 0 Å². The average Bonchev–Trinajstić information content (AvgIpc) is 2.88. The zero-order valence-corrected chi connectivity index (χ0v) is 13.7. The van der Waals surface area contributed by atoms with E-state index in [4.69, 9.17) is 0 Å². The highest BCUT2D eigenvalue weighted by atomic mass is 32.2. The molecule has 1 aliphatic rings. The van der Waals surface area contributed by atoms with Gasteiger partial charge in [0.2, 0.25) is 5.91 Å². The van der Waals surface area contributed by atoms with Crippen molar-refractivity contribution >= 4 is 34.2 Å². The van der Waals surface area contributed by atoms with E-state index in [1.165, 1.54) is 19.8 Å². The number of thioether (sulfide) groups is 1. The van der Waals surface area contributed by atoms with Gasteiger partial charge in [0.05, 0.1) is 6.54 Å². The quantitative estimate of drug-likeness (QED) is 0.865. The smallest absolute Gasteiger partial charge is 0.221 e. The van der Waals surface area contributed by atoms with Crippen LogP contribution in [0.2, 0.25) is 0 Å². The second kappa shape index (κ2) is 7.50. The van der Waals surface area contributed by atoms with E-state index >= 15 is 0 Å². The van der Waals surface area contributed by atoms with Gasteiger partial charge in [0, 0.05) is 23.5 Å². The van der Waals surface area contributed by atoms with E-state index in [2.05, 4.69) is 29.5 Å². The molecular weight excluding hydrogens is 282 g/mol. The number of carbonyl (C=O) groups excluding carboxylic acids is 1. The SMILES string of the molecule is CCC(CC)C1CN=C(Nc2cccc(NC(C)=O)c2)S1. The van der Waals surface area contributed by atoms with Crippen molar-refractivity contribution in [2.45, 2.75) is 38.9 Å². The molecule has 1 aromatic carbocycles. The number of aliphatic imine (C=N–C) groups is 1. The van der Waals surface area contributed by atoms with Crippen LogP contribution in [-0.2, 0) is 4.79 Å². The number of hydrogen-bond acceptors (Lipinski definition) is 4. The highest BCUT2D eigenvalue weighted by Gasteiger charge is 2.25. The zero-order chi connectivity index (χ0) is 15.2. The van der Waals surface area contributed by atoms with Crippen molar-refractivity contribution in [2.24, 2.45) is 10.9 Å². The molecule has 0 aromatic heterocycles. The highest BCUT2D eigenvalue weighted by molar-refractivity contribution is 8.15. The third-order valence-corrected chi connectivity index (χ3v) is 4.98. The number of benzene rings is 1. The first-order valence-corrected chi connectivity index (χ1v) is 8.36. The van der Waals surface area contributed by atoms with E-state index in [0.29, 0.717) is 5.25 Å². The molecule has 2 rings (SSSR count). The number of amidine groups is 1. The highest BCUT2D eigenvalue weighted by Crippen LogP contribution is 2.31. The molecule has 0 fully saturated rings. The third-order valence-electron chi connectivity index (χ3n) is 3.69. The lowest BCUT2D eigenvalue weighted by molar-refractivity contribution is -0.114. The molecule has 0 saturated heterocycles. The molecule has 114 valence electrons. The molecule has 2 N–H and O–H groups in total. The Balaban J connectivity index is 1.95. The molecule has 5 heteroatoms. The van der Waals surface area contributed by atoms with Crippen LogP contribution in [0.3, 0.4) is 0 Å². The second-order valence-electron chi connectivity index (χ2n) is 5.27. The Morgan fingerprint density at radius 1 is 1.38 bits per heavy atom. The number of nitrogens with one attached hydrogen (secondary N) is 2. The van der Waals surface area contributed by atoms with Crippen LogP contribution in [0.1, 0.15) is 33.6 Å². The van der Waals surface area contributed by atoms with Crippen LogP contribution in [-0.4, -0.2) is 22.9 Å². The van der Waals surface area contributed by atoms with E-state index in [0.717, 1.165) is 29.0 Å². The summed E-state index contributed by atoms with van der Waals surface area (Å²) in [5.41, 5.74) is 1.75. The molecule has 1 amide bonds. The Kier molecular flexibility index (Phi) is 5.67. The Morgan fingerprint density at radius 3 is 2.76 bits per heavy atom. The van der Waals surface area contributed by atoms with Crippen molar-refractivity contribution in [3.05, 3.63) is 24.3 Å². The number of amides is 1. The third kappa shape index (κ3) is 4.49. The summed E-state index contributed by atoms with van der Waals surface area (Å²) in [6.45, 7) is 6.90. The minimum Gasteiger partial charge on any atom is -0.335 e. The monoisotopic (exact) mass is 305 g/mol. The summed E-state index contributed by atoms with van der Waals surface area (Å²) in [6, 6.07) is 7.71. The van der Waals surface area contributed by atoms with Gasteiger partial charge in [-0.25, -0.2) is 0 Å². The van der Waals surface area contributed by atoms with Gasteiger partial charge in [-0.15, -0.1) is 0 Å². The summed E-state index contributed by atoms with van der Waals surface area (Å²) in [4.78, 5) is 15.7. The first-order valence-electron chi connectivity index (χ1n) is 7.48. The molecular formula is C16H23N3OS. The van der Waals surface area contributed by atoms with Crippen LogP contribution < -0.4 is 10.6 Å². The van der Waals surface area contributed by atoms with Crippen molar-refractivity contribution in [2.75, 3.05) is 17.2 Å². The lowest BCUT2D eigenvalue weighted by atomic mass is 9.99. The van der Waals surface area contributed by atoms with E-state index < -0.39 is 0 Å². The van der Waals surface area contributed by atoms with Gasteiger partial charge < -0.3 is 10.6 Å². The first-order chi connectivity index (χ1) is 10.1. The standard InChI is InChI=1S/C16H23N3OS/c1-4-12(5-2)15-10-17-16(21-15)19-14-8-6-7-13(9-14)18-11(3)20/h6-9,12,15H,4-5,10H2,1-3H3,(H,17,19)(H,18,20). The van der Waals surface area contributed by atoms with Gasteiger partial charge in [0.1, 0.15) is 0 Å². The second-order valence-corrected chi connectivity index (χ2v) is 6.49. The number of nitrogens with zero attached hydrogens (tertiary/aromatic N) is 1. The molecule has 1 unspecified atom stereocenters. The molecule has 0 saturated carbocycles. The van der Waals surface area contributed by atoms with Crippen molar-refractivity contribution < 1.29 is 4.79 Å². The number of rotatable bonds is 5. The number of hydrogen-bond donors (Lipinski definition) is 2. The number of carbonyl (C=O) groups is 1. The summed E-state index contributed by atoms with van der Waals surface area (Å²) in [6.07, 6.45) is 2.41. The van der Waals surface area contributed by atoms with E-state index in [1.807, 2.05) is 36.0 Å². The van der Waals surface area contributed by atoms with Crippen LogP contribution in [0.4, 0.5) is 11.4 Å². The normalized spacial score (nSPS) is 17.7. The lowest BCUT2D eigenvalue weighted by Gasteiger charge is -2.18. The van der Waals surface area contributed by atoms with Gasteiger partial charge in [-0.2, -0.15) is 0 Å². The Hall–Kier alpha value is -1.49. The lowest BCUT2D eigenvalue weighted by Crippen LogP contribution is -2.17. The van der Waals surface area contributed by atoms with Gasteiger partial charge in [-0.1, -0.05) is 44.5 Å². The minimum atomic E-state index is -0.0615. The zero-order valence-electron chi connectivity index (χ0n) is 12.8. The van der Waals surface area contributed by atoms with Gasteiger partial charge in [-0.3, -0.25) is 9.79 Å². The molecule has 4 nitrogen and oxygen atoms in total. The largest absolute Gasteiger partial charge is 0.335 e. The van der Waals surface area contributed by atoms with Gasteiger partial charge in [-0.05, 0) is 24.1 Å². The summed E-state index contributed by atoms with van der Waals surface area (Å²) >= 11 is 1.83. The molecule has 0 radical (unpaired) electrons. The fraction of sp³-hybridized carbons (Fsp3) is 0.500. The van der Waals surface area contributed by atoms with Crippen LogP contribution in [0.25, 0.3) is 0 Å². The van der Waals surface area contributed by atoms with Gasteiger partial charge in [0.25, 0.3) is 0 Å². The van der Waals surface area contributed by atoms with E-state index in [9.17, 15) is 4.79 Å². The Labute approximate surface area is 130 Å². The molecule has 1 aromatic rings. The van der Waals surface area contributed by atoms with Crippen LogP contribution >= 0.6 is 11.8 Å². The molecule has 1 atom stereocenters. The molecule has 1 heterocycles. The molecule has 21 heavy (non-hydrogen) atoms. The van der Waals surface area contributed by atoms with E-state index in [1.54, 1.807) is 0 Å². The average molecular weight is 305 g/mol. The maximum atomic E-state index is 11.1. The Morgan fingerprint density at radius 2 is 2.10 bits per heavy atom. The summed E-state index contributed by atoms with van der Waals surface area (Å²) in [5, 5.41) is 7.70. The van der Waals surface area contributed by atoms with Gasteiger partial charge in [0.15, 0.2) is 5.17 Å². The molecule has 0 spiro atoms. The first kappa shape index (κ1) is 15.9. The minimum absolute atomic E-state index is 0.0615. The maximum absolute atomic E-state index is 11.1.